The topological polar surface area (TPSA) is 45.8 Å². The van der Waals surface area contributed by atoms with E-state index in [9.17, 15) is 10.1 Å². The van der Waals surface area contributed by atoms with Gasteiger partial charge in [-0.2, -0.15) is 5.26 Å². The molecule has 0 N–H and O–H groups in total. The standard InChI is InChI=1S/C15H16N2O/c1-10-6-5-7-11-8-12(15(2,3)9-16)14(18)17(4)13(10)11/h5-8H,1-4H3. The van der Waals surface area contributed by atoms with Crippen LogP contribution in [-0.4, -0.2) is 4.57 Å². The molecule has 0 radical (unpaired) electrons. The summed E-state index contributed by atoms with van der Waals surface area (Å²) in [7, 11) is 1.76. The van der Waals surface area contributed by atoms with Crippen LogP contribution in [0.15, 0.2) is 29.1 Å². The molecule has 0 saturated carbocycles. The van der Waals surface area contributed by atoms with Crippen molar-refractivity contribution in [1.29, 1.82) is 5.26 Å². The SMILES string of the molecule is Cc1cccc2cc(C(C)(C)C#N)c(=O)n(C)c12. The summed E-state index contributed by atoms with van der Waals surface area (Å²) in [5.74, 6) is 0. The van der Waals surface area contributed by atoms with Crippen molar-refractivity contribution in [1.82, 2.24) is 4.57 Å². The van der Waals surface area contributed by atoms with Crippen LogP contribution in [0.2, 0.25) is 0 Å². The summed E-state index contributed by atoms with van der Waals surface area (Å²) >= 11 is 0. The van der Waals surface area contributed by atoms with Crippen molar-refractivity contribution in [2.45, 2.75) is 26.2 Å². The number of rotatable bonds is 1. The van der Waals surface area contributed by atoms with E-state index in [0.29, 0.717) is 5.56 Å². The number of nitrogens with zero attached hydrogens (tertiary/aromatic N) is 2. The van der Waals surface area contributed by atoms with Gasteiger partial charge in [0.15, 0.2) is 0 Å². The molecule has 0 atom stereocenters. The van der Waals surface area contributed by atoms with Gasteiger partial charge in [-0.25, -0.2) is 0 Å². The maximum Gasteiger partial charge on any atom is 0.255 e. The van der Waals surface area contributed by atoms with Crippen molar-refractivity contribution in [2.75, 3.05) is 0 Å². The molecule has 0 saturated heterocycles. The molecule has 0 aliphatic rings. The highest BCUT2D eigenvalue weighted by Gasteiger charge is 2.24. The van der Waals surface area contributed by atoms with Crippen LogP contribution >= 0.6 is 0 Å². The number of nitriles is 1. The molecule has 18 heavy (non-hydrogen) atoms. The third-order valence-corrected chi connectivity index (χ3v) is 3.39. The van der Waals surface area contributed by atoms with Crippen LogP contribution in [-0.2, 0) is 12.5 Å². The van der Waals surface area contributed by atoms with Gasteiger partial charge in [0.2, 0.25) is 0 Å². The van der Waals surface area contributed by atoms with Gasteiger partial charge in [0, 0.05) is 12.6 Å². The van der Waals surface area contributed by atoms with Crippen LogP contribution in [0.3, 0.4) is 0 Å². The molecule has 2 aromatic rings. The van der Waals surface area contributed by atoms with E-state index < -0.39 is 5.41 Å². The molecular weight excluding hydrogens is 224 g/mol. The number of pyridine rings is 1. The Morgan fingerprint density at radius 2 is 2.00 bits per heavy atom. The van der Waals surface area contributed by atoms with E-state index in [1.165, 1.54) is 0 Å². The molecule has 1 aromatic carbocycles. The molecule has 1 aromatic heterocycles. The summed E-state index contributed by atoms with van der Waals surface area (Å²) in [6.07, 6.45) is 0. The first-order valence-corrected chi connectivity index (χ1v) is 5.89. The number of fused-ring (bicyclic) bond motifs is 1. The van der Waals surface area contributed by atoms with Crippen LogP contribution in [0, 0.1) is 18.3 Å². The summed E-state index contributed by atoms with van der Waals surface area (Å²) in [5, 5.41) is 10.2. The lowest BCUT2D eigenvalue weighted by Crippen LogP contribution is -2.30. The van der Waals surface area contributed by atoms with Gasteiger partial charge in [-0.05, 0) is 37.8 Å². The number of hydrogen-bond acceptors (Lipinski definition) is 2. The average molecular weight is 240 g/mol. The van der Waals surface area contributed by atoms with Crippen molar-refractivity contribution >= 4 is 10.9 Å². The normalized spacial score (nSPS) is 11.5. The lowest BCUT2D eigenvalue weighted by atomic mass is 9.86. The van der Waals surface area contributed by atoms with E-state index in [4.69, 9.17) is 0 Å². The van der Waals surface area contributed by atoms with Gasteiger partial charge in [0.25, 0.3) is 5.56 Å². The lowest BCUT2D eigenvalue weighted by molar-refractivity contribution is 0.664. The van der Waals surface area contributed by atoms with Crippen LogP contribution in [0.25, 0.3) is 10.9 Å². The highest BCUT2D eigenvalue weighted by atomic mass is 16.1. The van der Waals surface area contributed by atoms with Crippen molar-refractivity contribution in [3.63, 3.8) is 0 Å². The second kappa shape index (κ2) is 3.99. The van der Waals surface area contributed by atoms with Gasteiger partial charge >= 0.3 is 0 Å². The fourth-order valence-corrected chi connectivity index (χ4v) is 2.26. The van der Waals surface area contributed by atoms with Crippen LogP contribution in [0.4, 0.5) is 0 Å². The Labute approximate surface area is 106 Å². The third kappa shape index (κ3) is 1.70. The van der Waals surface area contributed by atoms with Gasteiger partial charge in [0.1, 0.15) is 0 Å². The Balaban J connectivity index is 2.95. The van der Waals surface area contributed by atoms with E-state index in [-0.39, 0.29) is 5.56 Å². The summed E-state index contributed by atoms with van der Waals surface area (Å²) in [6, 6.07) is 9.95. The number of aryl methyl sites for hydroxylation is 2. The molecule has 0 unspecified atom stereocenters. The Hall–Kier alpha value is -2.08. The minimum atomic E-state index is -0.771. The first kappa shape index (κ1) is 12.4. The Kier molecular flexibility index (Phi) is 2.74. The van der Waals surface area contributed by atoms with E-state index in [2.05, 4.69) is 6.07 Å². The zero-order valence-corrected chi connectivity index (χ0v) is 11.1. The predicted molar refractivity (Wildman–Crippen MR) is 72.6 cm³/mol. The monoisotopic (exact) mass is 240 g/mol. The molecule has 2 rings (SSSR count). The molecule has 92 valence electrons. The summed E-state index contributed by atoms with van der Waals surface area (Å²) in [5.41, 5.74) is 1.68. The zero-order valence-electron chi connectivity index (χ0n) is 11.1. The fourth-order valence-electron chi connectivity index (χ4n) is 2.26. The van der Waals surface area contributed by atoms with Gasteiger partial charge in [-0.3, -0.25) is 4.79 Å². The highest BCUT2D eigenvalue weighted by Crippen LogP contribution is 2.24. The Morgan fingerprint density at radius 3 is 2.61 bits per heavy atom. The van der Waals surface area contributed by atoms with Crippen molar-refractivity contribution in [2.24, 2.45) is 7.05 Å². The van der Waals surface area contributed by atoms with Crippen molar-refractivity contribution in [3.8, 4) is 6.07 Å². The smallest absolute Gasteiger partial charge is 0.255 e. The minimum absolute atomic E-state index is 0.0941. The first-order chi connectivity index (χ1) is 8.38. The molecule has 0 amide bonds. The largest absolute Gasteiger partial charge is 0.311 e. The second-order valence-corrected chi connectivity index (χ2v) is 5.17. The Bertz CT molecular complexity index is 718. The zero-order chi connectivity index (χ0) is 13.5. The summed E-state index contributed by atoms with van der Waals surface area (Å²) in [6.45, 7) is 5.52. The molecule has 0 fully saturated rings. The molecule has 3 heteroatoms. The Morgan fingerprint density at radius 1 is 1.33 bits per heavy atom. The third-order valence-electron chi connectivity index (χ3n) is 3.39. The molecule has 3 nitrogen and oxygen atoms in total. The molecule has 0 aliphatic carbocycles. The van der Waals surface area contributed by atoms with Gasteiger partial charge in [-0.1, -0.05) is 18.2 Å². The average Bonchev–Trinajstić information content (AvgIpc) is 2.33. The van der Waals surface area contributed by atoms with Crippen LogP contribution < -0.4 is 5.56 Å². The maximum absolute atomic E-state index is 12.4. The van der Waals surface area contributed by atoms with E-state index in [1.807, 2.05) is 31.2 Å². The summed E-state index contributed by atoms with van der Waals surface area (Å²) < 4.78 is 1.64. The fraction of sp³-hybridized carbons (Fsp3) is 0.333. The number of aromatic nitrogens is 1. The quantitative estimate of drug-likeness (QED) is 0.769. The van der Waals surface area contributed by atoms with E-state index >= 15 is 0 Å². The van der Waals surface area contributed by atoms with E-state index in [1.54, 1.807) is 25.5 Å². The number of hydrogen-bond donors (Lipinski definition) is 0. The molecular formula is C15H16N2O. The highest BCUT2D eigenvalue weighted by molar-refractivity contribution is 5.83. The van der Waals surface area contributed by atoms with Crippen LogP contribution in [0.1, 0.15) is 25.0 Å². The molecule has 0 spiro atoms. The molecule has 0 aliphatic heterocycles. The van der Waals surface area contributed by atoms with Gasteiger partial charge < -0.3 is 4.57 Å². The predicted octanol–water partition coefficient (Wildman–Crippen LogP) is 2.65. The van der Waals surface area contributed by atoms with Crippen LogP contribution in [0.5, 0.6) is 0 Å². The molecule has 0 bridgehead atoms. The summed E-state index contributed by atoms with van der Waals surface area (Å²) in [4.78, 5) is 12.4. The number of benzene rings is 1. The van der Waals surface area contributed by atoms with Gasteiger partial charge in [0.05, 0.1) is 17.0 Å². The van der Waals surface area contributed by atoms with Crippen molar-refractivity contribution < 1.29 is 0 Å². The van der Waals surface area contributed by atoms with E-state index in [0.717, 1.165) is 16.5 Å². The van der Waals surface area contributed by atoms with Gasteiger partial charge in [-0.15, -0.1) is 0 Å². The number of para-hydroxylation sites is 1. The second-order valence-electron chi connectivity index (χ2n) is 5.17. The lowest BCUT2D eigenvalue weighted by Gasteiger charge is -2.18. The molecule has 1 heterocycles. The first-order valence-electron chi connectivity index (χ1n) is 5.89. The minimum Gasteiger partial charge on any atom is -0.311 e. The maximum atomic E-state index is 12.4. The van der Waals surface area contributed by atoms with Crippen molar-refractivity contribution in [3.05, 3.63) is 45.7 Å².